The number of carbonyl (C=O) groups excluding carboxylic acids is 1. The molecule has 1 amide bonds. The summed E-state index contributed by atoms with van der Waals surface area (Å²) in [6.07, 6.45) is 3.32. The third-order valence-corrected chi connectivity index (χ3v) is 4.56. The molecule has 156 valence electrons. The van der Waals surface area contributed by atoms with Crippen molar-refractivity contribution in [3.8, 4) is 5.82 Å². The molecule has 1 fully saturated rings. The molecule has 0 bridgehead atoms. The standard InChI is InChI=1S/C17H20N10O3/c1-11(12-3-2-4-19-9-12)20-22-17(28)14-13(10-26-5-7-29-8-6-26)27(25-21-14)16-15(18)23-30-24-16/h2-4,9H,5-8,10H2,1H3,(H2,18,23)(H,22,28)/b20-11-. The Morgan fingerprint density at radius 3 is 2.87 bits per heavy atom. The number of aromatic nitrogens is 6. The van der Waals surface area contributed by atoms with Crippen LogP contribution >= 0.6 is 0 Å². The molecule has 0 aliphatic carbocycles. The SMILES string of the molecule is C/C(=N/NC(=O)c1nnn(-c2nonc2N)c1CN1CCOCC1)c1cccnc1. The van der Waals surface area contributed by atoms with Crippen LogP contribution in [-0.4, -0.2) is 73.1 Å². The highest BCUT2D eigenvalue weighted by Gasteiger charge is 2.26. The molecule has 0 radical (unpaired) electrons. The molecule has 3 aromatic rings. The number of hydrogen-bond donors (Lipinski definition) is 2. The minimum atomic E-state index is -0.511. The van der Waals surface area contributed by atoms with Crippen molar-refractivity contribution in [1.29, 1.82) is 0 Å². The first-order valence-electron chi connectivity index (χ1n) is 9.21. The summed E-state index contributed by atoms with van der Waals surface area (Å²) in [6.45, 7) is 4.77. The van der Waals surface area contributed by atoms with E-state index < -0.39 is 5.91 Å². The second kappa shape index (κ2) is 8.75. The molecule has 1 aliphatic rings. The zero-order valence-electron chi connectivity index (χ0n) is 16.2. The zero-order valence-corrected chi connectivity index (χ0v) is 16.2. The van der Waals surface area contributed by atoms with Crippen LogP contribution in [0.25, 0.3) is 5.82 Å². The minimum absolute atomic E-state index is 0.0422. The van der Waals surface area contributed by atoms with Crippen LogP contribution in [0.5, 0.6) is 0 Å². The van der Waals surface area contributed by atoms with Crippen LogP contribution in [0.3, 0.4) is 0 Å². The number of nitrogens with zero attached hydrogens (tertiary/aromatic N) is 8. The Morgan fingerprint density at radius 1 is 1.33 bits per heavy atom. The maximum atomic E-state index is 12.8. The van der Waals surface area contributed by atoms with Crippen LogP contribution < -0.4 is 11.2 Å². The summed E-state index contributed by atoms with van der Waals surface area (Å²) in [5.41, 5.74) is 10.3. The van der Waals surface area contributed by atoms with Crippen molar-refractivity contribution in [3.05, 3.63) is 41.5 Å². The number of ether oxygens (including phenoxy) is 1. The number of nitrogens with two attached hydrogens (primary N) is 1. The average Bonchev–Trinajstić information content (AvgIpc) is 3.39. The first-order chi connectivity index (χ1) is 14.6. The molecule has 0 atom stereocenters. The van der Waals surface area contributed by atoms with Crippen LogP contribution in [-0.2, 0) is 11.3 Å². The molecule has 13 heteroatoms. The summed E-state index contributed by atoms with van der Waals surface area (Å²) in [7, 11) is 0. The van der Waals surface area contributed by atoms with Gasteiger partial charge in [0, 0.05) is 37.6 Å². The highest BCUT2D eigenvalue weighted by molar-refractivity contribution is 6.00. The van der Waals surface area contributed by atoms with Crippen molar-refractivity contribution >= 4 is 17.4 Å². The predicted octanol–water partition coefficient (Wildman–Crippen LogP) is -0.386. The van der Waals surface area contributed by atoms with Gasteiger partial charge in [0.1, 0.15) is 0 Å². The maximum Gasteiger partial charge on any atom is 0.293 e. The molecule has 13 nitrogen and oxygen atoms in total. The van der Waals surface area contributed by atoms with E-state index in [1.807, 2.05) is 6.07 Å². The number of nitrogen functional groups attached to an aromatic ring is 1. The molecule has 1 saturated heterocycles. The van der Waals surface area contributed by atoms with Gasteiger partial charge in [-0.3, -0.25) is 14.7 Å². The van der Waals surface area contributed by atoms with E-state index in [-0.39, 0.29) is 17.3 Å². The van der Waals surface area contributed by atoms with Crippen molar-refractivity contribution in [1.82, 2.24) is 40.6 Å². The first-order valence-corrected chi connectivity index (χ1v) is 9.21. The number of pyridine rings is 1. The van der Waals surface area contributed by atoms with Gasteiger partial charge in [-0.25, -0.2) is 10.1 Å². The van der Waals surface area contributed by atoms with E-state index in [1.165, 1.54) is 4.68 Å². The van der Waals surface area contributed by atoms with E-state index in [9.17, 15) is 4.79 Å². The van der Waals surface area contributed by atoms with E-state index in [0.717, 1.165) is 5.56 Å². The summed E-state index contributed by atoms with van der Waals surface area (Å²) < 4.78 is 11.4. The lowest BCUT2D eigenvalue weighted by Gasteiger charge is -2.26. The predicted molar refractivity (Wildman–Crippen MR) is 104 cm³/mol. The molecule has 0 saturated carbocycles. The lowest BCUT2D eigenvalue weighted by atomic mass is 10.2. The molecule has 4 heterocycles. The number of carbonyl (C=O) groups is 1. The number of hydrazone groups is 1. The van der Waals surface area contributed by atoms with Crippen LogP contribution in [0.1, 0.15) is 28.7 Å². The highest BCUT2D eigenvalue weighted by atomic mass is 16.6. The Balaban J connectivity index is 1.61. The Hall–Kier alpha value is -3.71. The fourth-order valence-electron chi connectivity index (χ4n) is 2.93. The van der Waals surface area contributed by atoms with E-state index in [1.54, 1.807) is 25.4 Å². The number of rotatable bonds is 6. The van der Waals surface area contributed by atoms with E-state index in [2.05, 4.69) is 45.7 Å². The van der Waals surface area contributed by atoms with Crippen molar-refractivity contribution < 1.29 is 14.2 Å². The second-order valence-corrected chi connectivity index (χ2v) is 6.54. The summed E-state index contributed by atoms with van der Waals surface area (Å²) in [4.78, 5) is 19.0. The fourth-order valence-corrected chi connectivity index (χ4v) is 2.93. The van der Waals surface area contributed by atoms with Gasteiger partial charge in [-0.05, 0) is 23.3 Å². The first kappa shape index (κ1) is 19.6. The topological polar surface area (TPSA) is 162 Å². The number of anilines is 1. The van der Waals surface area contributed by atoms with Gasteiger partial charge in [0.25, 0.3) is 5.91 Å². The molecule has 3 N–H and O–H groups in total. The highest BCUT2D eigenvalue weighted by Crippen LogP contribution is 2.18. The summed E-state index contributed by atoms with van der Waals surface area (Å²) in [6, 6.07) is 3.64. The van der Waals surface area contributed by atoms with Gasteiger partial charge in [-0.15, -0.1) is 5.10 Å². The van der Waals surface area contributed by atoms with Crippen molar-refractivity contribution in [2.45, 2.75) is 13.5 Å². The lowest BCUT2D eigenvalue weighted by molar-refractivity contribution is 0.0332. The van der Waals surface area contributed by atoms with Crippen molar-refractivity contribution in [2.75, 3.05) is 32.0 Å². The van der Waals surface area contributed by atoms with Gasteiger partial charge >= 0.3 is 0 Å². The summed E-state index contributed by atoms with van der Waals surface area (Å²) >= 11 is 0. The van der Waals surface area contributed by atoms with Gasteiger partial charge in [-0.1, -0.05) is 11.3 Å². The number of morpholine rings is 1. The lowest BCUT2D eigenvalue weighted by Crippen LogP contribution is -2.37. The minimum Gasteiger partial charge on any atom is -0.379 e. The van der Waals surface area contributed by atoms with Crippen molar-refractivity contribution in [3.63, 3.8) is 0 Å². The van der Waals surface area contributed by atoms with Crippen LogP contribution in [0, 0.1) is 0 Å². The Kier molecular flexibility index (Phi) is 5.72. The zero-order chi connectivity index (χ0) is 20.9. The van der Waals surface area contributed by atoms with Crippen LogP contribution in [0.4, 0.5) is 5.82 Å². The van der Waals surface area contributed by atoms with E-state index in [4.69, 9.17) is 10.5 Å². The molecule has 0 spiro atoms. The van der Waals surface area contributed by atoms with E-state index >= 15 is 0 Å². The Morgan fingerprint density at radius 2 is 2.17 bits per heavy atom. The fraction of sp³-hybridized carbons (Fsp3) is 0.353. The molecule has 3 aromatic heterocycles. The molecule has 30 heavy (non-hydrogen) atoms. The van der Waals surface area contributed by atoms with Gasteiger partial charge in [-0.2, -0.15) is 9.78 Å². The maximum absolute atomic E-state index is 12.8. The summed E-state index contributed by atoms with van der Waals surface area (Å²) in [5, 5.41) is 19.5. The number of nitrogens with one attached hydrogen (secondary N) is 1. The van der Waals surface area contributed by atoms with Crippen molar-refractivity contribution in [2.24, 2.45) is 5.10 Å². The largest absolute Gasteiger partial charge is 0.379 e. The quantitative estimate of drug-likeness (QED) is 0.403. The molecule has 4 rings (SSSR count). The van der Waals surface area contributed by atoms with E-state index in [0.29, 0.717) is 44.3 Å². The van der Waals surface area contributed by atoms with Gasteiger partial charge < -0.3 is 10.5 Å². The average molecular weight is 412 g/mol. The Labute approximate surface area is 170 Å². The molecule has 0 aromatic carbocycles. The normalized spacial score (nSPS) is 15.3. The third-order valence-electron chi connectivity index (χ3n) is 4.56. The number of hydrogen-bond acceptors (Lipinski definition) is 11. The van der Waals surface area contributed by atoms with Crippen LogP contribution in [0.15, 0.2) is 34.3 Å². The number of amides is 1. The molecule has 1 aliphatic heterocycles. The Bertz CT molecular complexity index is 1040. The van der Waals surface area contributed by atoms with Crippen LogP contribution in [0.2, 0.25) is 0 Å². The van der Waals surface area contributed by atoms with Gasteiger partial charge in [0.2, 0.25) is 11.6 Å². The second-order valence-electron chi connectivity index (χ2n) is 6.54. The molecule has 0 unspecified atom stereocenters. The smallest absolute Gasteiger partial charge is 0.293 e. The van der Waals surface area contributed by atoms with Gasteiger partial charge in [0.05, 0.1) is 24.6 Å². The molecular weight excluding hydrogens is 392 g/mol. The molecular formula is C17H20N10O3. The monoisotopic (exact) mass is 412 g/mol. The third kappa shape index (κ3) is 4.16. The summed E-state index contributed by atoms with van der Waals surface area (Å²) in [5.74, 6) is -0.303. The van der Waals surface area contributed by atoms with Gasteiger partial charge in [0.15, 0.2) is 5.69 Å².